The first kappa shape index (κ1) is 21.0. The van der Waals surface area contributed by atoms with Gasteiger partial charge in [-0.1, -0.05) is 55.5 Å². The summed E-state index contributed by atoms with van der Waals surface area (Å²) in [7, 11) is 0. The number of nitrogen functional groups attached to an aromatic ring is 2. The normalized spacial score (nSPS) is 13.0. The van der Waals surface area contributed by atoms with Crippen LogP contribution in [0, 0.1) is 11.3 Å². The maximum absolute atomic E-state index is 13.5. The predicted molar refractivity (Wildman–Crippen MR) is 133 cm³/mol. The van der Waals surface area contributed by atoms with Crippen molar-refractivity contribution >= 4 is 39.0 Å². The number of nitrogens with zero attached hydrogens (tertiary/aromatic N) is 3. The number of fused-ring (bicyclic) bond motifs is 2. The van der Waals surface area contributed by atoms with Crippen molar-refractivity contribution in [3.63, 3.8) is 0 Å². The van der Waals surface area contributed by atoms with Crippen LogP contribution in [0.1, 0.15) is 38.8 Å². The van der Waals surface area contributed by atoms with Gasteiger partial charge in [0.25, 0.3) is 5.91 Å². The number of rotatable bonds is 3. The summed E-state index contributed by atoms with van der Waals surface area (Å²) in [6.07, 6.45) is 1.73. The molecule has 0 aliphatic carbocycles. The Hall–Kier alpha value is -3.89. The minimum atomic E-state index is -0.116. The van der Waals surface area contributed by atoms with E-state index in [9.17, 15) is 10.1 Å². The van der Waals surface area contributed by atoms with E-state index < -0.39 is 0 Å². The number of carbonyl (C=O) groups excluding carboxylic acids is 1. The highest BCUT2D eigenvalue weighted by Gasteiger charge is 2.28. The molecule has 164 valence electrons. The largest absolute Gasteiger partial charge is 0.397 e. The first-order chi connectivity index (χ1) is 16.0. The molecule has 0 saturated heterocycles. The second kappa shape index (κ2) is 8.23. The zero-order valence-corrected chi connectivity index (χ0v) is 19.1. The Morgan fingerprint density at radius 3 is 2.58 bits per heavy atom. The van der Waals surface area contributed by atoms with Gasteiger partial charge < -0.3 is 16.4 Å². The van der Waals surface area contributed by atoms with Gasteiger partial charge in [0.1, 0.15) is 27.2 Å². The lowest BCUT2D eigenvalue weighted by molar-refractivity contribution is 0.0740. The molecule has 0 atom stereocenters. The molecule has 0 unspecified atom stereocenters. The van der Waals surface area contributed by atoms with Gasteiger partial charge in [-0.3, -0.25) is 4.79 Å². The molecule has 6 nitrogen and oxygen atoms in total. The van der Waals surface area contributed by atoms with Gasteiger partial charge in [0.2, 0.25) is 0 Å². The Morgan fingerprint density at radius 1 is 1.15 bits per heavy atom. The van der Waals surface area contributed by atoms with Crippen LogP contribution < -0.4 is 11.5 Å². The van der Waals surface area contributed by atoms with E-state index >= 15 is 0 Å². The van der Waals surface area contributed by atoms with Crippen LogP contribution in [0.4, 0.5) is 11.5 Å². The van der Waals surface area contributed by atoms with Crippen LogP contribution in [0.15, 0.2) is 48.5 Å². The lowest BCUT2D eigenvalue weighted by Crippen LogP contribution is -2.35. The van der Waals surface area contributed by atoms with Crippen molar-refractivity contribution in [2.45, 2.75) is 26.3 Å². The Bertz CT molecular complexity index is 1430. The summed E-state index contributed by atoms with van der Waals surface area (Å²) in [6, 6.07) is 18.4. The molecule has 3 heterocycles. The van der Waals surface area contributed by atoms with Crippen molar-refractivity contribution in [1.82, 2.24) is 9.88 Å². The van der Waals surface area contributed by atoms with Crippen LogP contribution in [0.25, 0.3) is 21.3 Å². The number of carbonyl (C=O) groups is 1. The van der Waals surface area contributed by atoms with Crippen molar-refractivity contribution in [3.8, 4) is 17.2 Å². The number of benzene rings is 2. The fourth-order valence-corrected chi connectivity index (χ4v) is 5.53. The smallest absolute Gasteiger partial charge is 0.266 e. The second-order valence-corrected chi connectivity index (χ2v) is 9.18. The number of aromatic nitrogens is 1. The minimum Gasteiger partial charge on any atom is -0.397 e. The SMILES string of the molecule is CCc1ccc(-c2c(C#N)c(N)nc3sc(C(=O)N4CCc5ccccc5C4)c(N)c23)cc1. The first-order valence-electron chi connectivity index (χ1n) is 10.9. The molecule has 0 fully saturated rings. The third-order valence-electron chi connectivity index (χ3n) is 6.28. The van der Waals surface area contributed by atoms with Gasteiger partial charge in [0, 0.05) is 24.0 Å². The third-order valence-corrected chi connectivity index (χ3v) is 7.37. The number of thiophene rings is 1. The number of hydrogen-bond donors (Lipinski definition) is 2. The van der Waals surface area contributed by atoms with Crippen LogP contribution in [0.2, 0.25) is 0 Å². The van der Waals surface area contributed by atoms with Crippen LogP contribution in [0.5, 0.6) is 0 Å². The standard InChI is InChI=1S/C26H23N5OS/c1-2-15-7-9-17(10-8-15)20-19(13-27)24(29)30-25-21(20)22(28)23(33-25)26(32)31-12-11-16-5-3-4-6-18(16)14-31/h3-10H,2,11-12,14,28H2,1H3,(H2,29,30). The minimum absolute atomic E-state index is 0.116. The molecule has 0 bridgehead atoms. The Kier molecular flexibility index (Phi) is 5.23. The van der Waals surface area contributed by atoms with E-state index in [1.165, 1.54) is 22.5 Å². The Balaban J connectivity index is 1.63. The second-order valence-electron chi connectivity index (χ2n) is 8.18. The summed E-state index contributed by atoms with van der Waals surface area (Å²) < 4.78 is 0. The molecule has 2 aromatic carbocycles. The zero-order chi connectivity index (χ0) is 23.1. The maximum Gasteiger partial charge on any atom is 0.266 e. The van der Waals surface area contributed by atoms with Crippen LogP contribution in [0.3, 0.4) is 0 Å². The van der Waals surface area contributed by atoms with E-state index in [0.717, 1.165) is 24.0 Å². The van der Waals surface area contributed by atoms with Crippen molar-refractivity contribution in [2.24, 2.45) is 0 Å². The molecule has 0 spiro atoms. The molecule has 1 amide bonds. The fraction of sp³-hybridized carbons (Fsp3) is 0.192. The molecular weight excluding hydrogens is 430 g/mol. The number of pyridine rings is 1. The van der Waals surface area contributed by atoms with Crippen molar-refractivity contribution in [3.05, 3.63) is 75.7 Å². The molecule has 1 aliphatic heterocycles. The summed E-state index contributed by atoms with van der Waals surface area (Å²) in [5.74, 6) is 0.0288. The number of aryl methyl sites for hydroxylation is 1. The summed E-state index contributed by atoms with van der Waals surface area (Å²) >= 11 is 1.24. The van der Waals surface area contributed by atoms with E-state index in [0.29, 0.717) is 39.4 Å². The van der Waals surface area contributed by atoms with Gasteiger partial charge in [-0.05, 0) is 35.1 Å². The lowest BCUT2D eigenvalue weighted by atomic mass is 9.96. The Morgan fingerprint density at radius 2 is 1.88 bits per heavy atom. The van der Waals surface area contributed by atoms with Crippen LogP contribution in [-0.2, 0) is 19.4 Å². The fourth-order valence-electron chi connectivity index (χ4n) is 4.45. The first-order valence-corrected chi connectivity index (χ1v) is 11.7. The van der Waals surface area contributed by atoms with Crippen LogP contribution in [-0.4, -0.2) is 22.3 Å². The number of nitriles is 1. The van der Waals surface area contributed by atoms with Crippen molar-refractivity contribution < 1.29 is 4.79 Å². The average Bonchev–Trinajstić information content (AvgIpc) is 3.18. The maximum atomic E-state index is 13.5. The van der Waals surface area contributed by atoms with E-state index in [2.05, 4.69) is 30.1 Å². The van der Waals surface area contributed by atoms with Crippen molar-refractivity contribution in [2.75, 3.05) is 18.0 Å². The molecular formula is C26H23N5OS. The number of nitrogens with two attached hydrogens (primary N) is 2. The molecule has 2 aromatic heterocycles. The summed E-state index contributed by atoms with van der Waals surface area (Å²) in [6.45, 7) is 3.27. The highest BCUT2D eigenvalue weighted by Crippen LogP contribution is 2.43. The molecule has 0 radical (unpaired) electrons. The monoisotopic (exact) mass is 453 g/mol. The molecule has 4 aromatic rings. The molecule has 5 rings (SSSR count). The highest BCUT2D eigenvalue weighted by atomic mass is 32.1. The molecule has 7 heteroatoms. The van der Waals surface area contributed by atoms with Crippen LogP contribution >= 0.6 is 11.3 Å². The zero-order valence-electron chi connectivity index (χ0n) is 18.3. The molecule has 0 saturated carbocycles. The van der Waals surface area contributed by atoms with Crippen molar-refractivity contribution in [1.29, 1.82) is 5.26 Å². The summed E-state index contributed by atoms with van der Waals surface area (Å²) in [5.41, 5.74) is 18.5. The van der Waals surface area contributed by atoms with E-state index in [4.69, 9.17) is 11.5 Å². The highest BCUT2D eigenvalue weighted by molar-refractivity contribution is 7.21. The molecule has 33 heavy (non-hydrogen) atoms. The van der Waals surface area contributed by atoms with E-state index in [1.54, 1.807) is 0 Å². The summed E-state index contributed by atoms with van der Waals surface area (Å²) in [4.78, 5) is 20.8. The number of hydrogen-bond acceptors (Lipinski definition) is 6. The van der Waals surface area contributed by atoms with Gasteiger partial charge in [0.15, 0.2) is 0 Å². The molecule has 4 N–H and O–H groups in total. The van der Waals surface area contributed by atoms with Gasteiger partial charge in [0.05, 0.1) is 5.69 Å². The van der Waals surface area contributed by atoms with Gasteiger partial charge >= 0.3 is 0 Å². The van der Waals surface area contributed by atoms with Gasteiger partial charge in [-0.15, -0.1) is 11.3 Å². The lowest BCUT2D eigenvalue weighted by Gasteiger charge is -2.28. The predicted octanol–water partition coefficient (Wildman–Crippen LogP) is 4.76. The van der Waals surface area contributed by atoms with Gasteiger partial charge in [-0.25, -0.2) is 4.98 Å². The van der Waals surface area contributed by atoms with Gasteiger partial charge in [-0.2, -0.15) is 5.26 Å². The topological polar surface area (TPSA) is 109 Å². The van der Waals surface area contributed by atoms with E-state index in [-0.39, 0.29) is 17.3 Å². The summed E-state index contributed by atoms with van der Waals surface area (Å²) in [5, 5.41) is 10.5. The number of anilines is 2. The average molecular weight is 454 g/mol. The number of amides is 1. The molecule has 1 aliphatic rings. The quantitative estimate of drug-likeness (QED) is 0.465. The third kappa shape index (κ3) is 3.49. The Labute approximate surface area is 196 Å². The van der Waals surface area contributed by atoms with E-state index in [1.807, 2.05) is 41.3 Å².